The van der Waals surface area contributed by atoms with Crippen LogP contribution in [0.4, 0.5) is 5.69 Å². The van der Waals surface area contributed by atoms with Crippen molar-refractivity contribution in [3.63, 3.8) is 0 Å². The lowest BCUT2D eigenvalue weighted by Gasteiger charge is -2.47. The summed E-state index contributed by atoms with van der Waals surface area (Å²) in [6.45, 7) is 13.2. The summed E-state index contributed by atoms with van der Waals surface area (Å²) in [5.74, 6) is 1.80. The van der Waals surface area contributed by atoms with Crippen LogP contribution in [-0.4, -0.2) is 78.8 Å². The summed E-state index contributed by atoms with van der Waals surface area (Å²) in [7, 11) is 6.07. The van der Waals surface area contributed by atoms with Gasteiger partial charge in [-0.1, -0.05) is 25.5 Å². The predicted octanol–water partition coefficient (Wildman–Crippen LogP) is 5.01. The number of nitrogens with one attached hydrogen (secondary N) is 1. The number of aromatic nitrogens is 2. The lowest BCUT2D eigenvalue weighted by atomic mass is 9.79. The average Bonchev–Trinajstić information content (AvgIpc) is 2.99. The minimum absolute atomic E-state index is 0.0295. The van der Waals surface area contributed by atoms with E-state index in [9.17, 15) is 4.79 Å². The summed E-state index contributed by atoms with van der Waals surface area (Å²) in [6.07, 6.45) is 4.04. The fraction of sp³-hybridized carbons (Fsp3) is 0.588. The summed E-state index contributed by atoms with van der Waals surface area (Å²) in [5, 5.41) is 4.36. The molecule has 0 radical (unpaired) electrons. The Morgan fingerprint density at radius 2 is 1.71 bits per heavy atom. The van der Waals surface area contributed by atoms with Gasteiger partial charge in [-0.3, -0.25) is 19.2 Å². The second kappa shape index (κ2) is 12.7. The maximum Gasteiger partial charge on any atom is 0.261 e. The largest absolute Gasteiger partial charge is 0.497 e. The van der Waals surface area contributed by atoms with Crippen molar-refractivity contribution in [1.29, 1.82) is 0 Å². The van der Waals surface area contributed by atoms with Gasteiger partial charge in [-0.05, 0) is 90.0 Å². The van der Waals surface area contributed by atoms with Gasteiger partial charge in [0.05, 0.1) is 24.1 Å². The topological polar surface area (TPSA) is 65.9 Å². The number of ether oxygens (including phenoxy) is 1. The van der Waals surface area contributed by atoms with Crippen LogP contribution in [0, 0.1) is 0 Å². The van der Waals surface area contributed by atoms with Crippen LogP contribution in [0.15, 0.2) is 47.3 Å². The molecule has 3 atom stereocenters. The highest BCUT2D eigenvalue weighted by Crippen LogP contribution is 2.39. The molecule has 3 heterocycles. The predicted molar refractivity (Wildman–Crippen MR) is 173 cm³/mol. The van der Waals surface area contributed by atoms with Crippen LogP contribution in [0.5, 0.6) is 5.75 Å². The molecular formula is C34H50N6O2. The molecule has 0 spiro atoms. The molecule has 228 valence electrons. The third kappa shape index (κ3) is 5.81. The smallest absolute Gasteiger partial charge is 0.261 e. The van der Waals surface area contributed by atoms with E-state index < -0.39 is 0 Å². The Balaban J connectivity index is 1.44. The number of hydrogen-bond donors (Lipinski definition) is 1. The van der Waals surface area contributed by atoms with Gasteiger partial charge in [0.25, 0.3) is 5.56 Å². The fourth-order valence-electron chi connectivity index (χ4n) is 7.38. The van der Waals surface area contributed by atoms with Crippen molar-refractivity contribution in [1.82, 2.24) is 24.7 Å². The van der Waals surface area contributed by atoms with E-state index in [-0.39, 0.29) is 17.1 Å². The quantitative estimate of drug-likeness (QED) is 0.386. The first kappa shape index (κ1) is 30.5. The number of methoxy groups -OCH3 is 1. The number of hydrogen-bond acceptors (Lipinski definition) is 7. The van der Waals surface area contributed by atoms with Crippen molar-refractivity contribution in [2.24, 2.45) is 0 Å². The molecule has 0 saturated carbocycles. The van der Waals surface area contributed by atoms with Gasteiger partial charge in [0.2, 0.25) is 0 Å². The summed E-state index contributed by atoms with van der Waals surface area (Å²) in [4.78, 5) is 26.6. The summed E-state index contributed by atoms with van der Waals surface area (Å²) in [5.41, 5.74) is 3.28. The van der Waals surface area contributed by atoms with Gasteiger partial charge in [0.1, 0.15) is 11.6 Å². The van der Waals surface area contributed by atoms with Gasteiger partial charge in [0, 0.05) is 56.0 Å². The van der Waals surface area contributed by atoms with E-state index >= 15 is 0 Å². The zero-order valence-corrected chi connectivity index (χ0v) is 26.7. The Labute approximate surface area is 251 Å². The van der Waals surface area contributed by atoms with Crippen LogP contribution < -0.4 is 20.5 Å². The van der Waals surface area contributed by atoms with Crippen LogP contribution in [0.1, 0.15) is 70.8 Å². The highest BCUT2D eigenvalue weighted by atomic mass is 16.5. The van der Waals surface area contributed by atoms with E-state index in [0.717, 1.165) is 80.0 Å². The molecule has 0 amide bonds. The van der Waals surface area contributed by atoms with Crippen molar-refractivity contribution in [3.05, 3.63) is 64.2 Å². The highest BCUT2D eigenvalue weighted by Gasteiger charge is 2.38. The number of rotatable bonds is 9. The number of anilines is 1. The zero-order chi connectivity index (χ0) is 30.0. The minimum Gasteiger partial charge on any atom is -0.497 e. The molecular weight excluding hydrogens is 524 g/mol. The average molecular weight is 575 g/mol. The zero-order valence-electron chi connectivity index (χ0n) is 26.7. The normalized spacial score (nSPS) is 22.0. The molecule has 1 unspecified atom stereocenters. The van der Waals surface area contributed by atoms with Crippen molar-refractivity contribution < 1.29 is 4.74 Å². The number of piperazine rings is 1. The van der Waals surface area contributed by atoms with Gasteiger partial charge in [-0.15, -0.1) is 0 Å². The lowest BCUT2D eigenvalue weighted by molar-refractivity contribution is 0.109. The number of nitrogens with zero attached hydrogens (tertiary/aromatic N) is 5. The lowest BCUT2D eigenvalue weighted by Crippen LogP contribution is -2.55. The molecule has 5 rings (SSSR count). The highest BCUT2D eigenvalue weighted by molar-refractivity contribution is 5.82. The molecule has 3 aromatic rings. The van der Waals surface area contributed by atoms with Gasteiger partial charge in [0.15, 0.2) is 0 Å². The van der Waals surface area contributed by atoms with E-state index in [2.05, 4.69) is 104 Å². The maximum atomic E-state index is 14.0. The molecule has 1 N–H and O–H groups in total. The van der Waals surface area contributed by atoms with Gasteiger partial charge >= 0.3 is 0 Å². The van der Waals surface area contributed by atoms with E-state index in [0.29, 0.717) is 18.6 Å². The molecule has 8 heteroatoms. The van der Waals surface area contributed by atoms with E-state index in [1.54, 1.807) is 7.11 Å². The van der Waals surface area contributed by atoms with Gasteiger partial charge in [-0.2, -0.15) is 0 Å². The minimum atomic E-state index is -0.0295. The van der Waals surface area contributed by atoms with Crippen molar-refractivity contribution in [3.8, 4) is 5.75 Å². The molecule has 2 aliphatic rings. The Bertz CT molecular complexity index is 1400. The molecule has 0 aliphatic carbocycles. The molecule has 1 aromatic heterocycles. The first-order valence-corrected chi connectivity index (χ1v) is 15.8. The van der Waals surface area contributed by atoms with Gasteiger partial charge < -0.3 is 15.0 Å². The van der Waals surface area contributed by atoms with Crippen molar-refractivity contribution >= 4 is 16.6 Å². The molecule has 0 bridgehead atoms. The SMILES string of the molecule is CCCC(c1nc2ccc(N3CCC(c4ccc(OC)cc4)(N(C)C)CC3)cc2c(=O)n1CC)N1C[C@@H](C)N[C@@H](C)C1. The summed E-state index contributed by atoms with van der Waals surface area (Å²) in [6, 6.07) is 15.8. The van der Waals surface area contributed by atoms with Crippen molar-refractivity contribution in [2.75, 3.05) is 52.3 Å². The standard InChI is InChI=1S/C34H50N6O2/c1-8-10-31(39-22-24(3)35-25(4)23-39)32-36-30-16-13-27(21-29(30)33(41)40(32)9-2)38-19-17-34(18-20-38,37(5)6)26-11-14-28(42-7)15-12-26/h11-16,21,24-25,31,35H,8-10,17-20,22-23H2,1-7H3/t24-,25+,31?. The monoisotopic (exact) mass is 574 g/mol. The van der Waals surface area contributed by atoms with Crippen LogP contribution >= 0.6 is 0 Å². The molecule has 8 nitrogen and oxygen atoms in total. The second-order valence-electron chi connectivity index (χ2n) is 12.6. The first-order chi connectivity index (χ1) is 20.2. The third-order valence-electron chi connectivity index (χ3n) is 9.61. The molecule has 42 heavy (non-hydrogen) atoms. The van der Waals surface area contributed by atoms with Crippen LogP contribution in [-0.2, 0) is 12.1 Å². The molecule has 2 aliphatic heterocycles. The second-order valence-corrected chi connectivity index (χ2v) is 12.6. The number of fused-ring (bicyclic) bond motifs is 1. The number of piperidine rings is 1. The molecule has 2 aromatic carbocycles. The summed E-state index contributed by atoms with van der Waals surface area (Å²) >= 11 is 0. The van der Waals surface area contributed by atoms with E-state index in [4.69, 9.17) is 9.72 Å². The first-order valence-electron chi connectivity index (χ1n) is 15.8. The Morgan fingerprint density at radius 3 is 2.29 bits per heavy atom. The maximum absolute atomic E-state index is 14.0. The van der Waals surface area contributed by atoms with Crippen LogP contribution in [0.2, 0.25) is 0 Å². The van der Waals surface area contributed by atoms with Gasteiger partial charge in [-0.25, -0.2) is 4.98 Å². The van der Waals surface area contributed by atoms with E-state index in [1.807, 2.05) is 4.57 Å². The molecule has 2 fully saturated rings. The van der Waals surface area contributed by atoms with E-state index in [1.165, 1.54) is 5.56 Å². The number of benzene rings is 2. The Hall–Kier alpha value is -2.94. The molecule has 2 saturated heterocycles. The Morgan fingerprint density at radius 1 is 1.05 bits per heavy atom. The fourth-order valence-corrected chi connectivity index (χ4v) is 7.38. The Kier molecular flexibility index (Phi) is 9.26. The van der Waals surface area contributed by atoms with Crippen LogP contribution in [0.3, 0.4) is 0 Å². The third-order valence-corrected chi connectivity index (χ3v) is 9.61. The van der Waals surface area contributed by atoms with Crippen LogP contribution in [0.25, 0.3) is 10.9 Å². The van der Waals surface area contributed by atoms with Crippen molar-refractivity contribution in [2.45, 2.75) is 83.6 Å². The summed E-state index contributed by atoms with van der Waals surface area (Å²) < 4.78 is 7.33.